The lowest BCUT2D eigenvalue weighted by atomic mass is 10.1. The first-order chi connectivity index (χ1) is 6.31. The molecule has 0 saturated carbocycles. The molecule has 1 heterocycles. The molecular weight excluding hydrogens is 182 g/mol. The first kappa shape index (κ1) is 8.26. The molecule has 0 aliphatic heterocycles. The molecule has 0 aliphatic carbocycles. The minimum absolute atomic E-state index is 0.928. The third-order valence-corrected chi connectivity index (χ3v) is 3.06. The van der Waals surface area contributed by atoms with Gasteiger partial charge in [0, 0.05) is 4.70 Å². The van der Waals surface area contributed by atoms with E-state index in [0.29, 0.717) is 0 Å². The molecule has 0 saturated heterocycles. The van der Waals surface area contributed by atoms with Crippen molar-refractivity contribution in [3.63, 3.8) is 0 Å². The summed E-state index contributed by atoms with van der Waals surface area (Å²) in [6, 6.07) is 6.02. The molecule has 0 bridgehead atoms. The number of oxime groups is 1. The van der Waals surface area contributed by atoms with E-state index in [1.807, 2.05) is 12.1 Å². The topological polar surface area (TPSA) is 32.6 Å². The summed E-state index contributed by atoms with van der Waals surface area (Å²) in [6.07, 6.45) is 1.44. The Kier molecular flexibility index (Phi) is 2.02. The van der Waals surface area contributed by atoms with Crippen LogP contribution < -0.4 is 0 Å². The zero-order chi connectivity index (χ0) is 9.26. The van der Waals surface area contributed by atoms with Gasteiger partial charge in [-0.3, -0.25) is 0 Å². The minimum Gasteiger partial charge on any atom is -0.411 e. The molecule has 0 spiro atoms. The van der Waals surface area contributed by atoms with Crippen LogP contribution in [0.3, 0.4) is 0 Å². The van der Waals surface area contributed by atoms with Gasteiger partial charge in [0.25, 0.3) is 0 Å². The Bertz CT molecular complexity index is 459. The SMILES string of the molecule is Cc1csc2cc(C=NO)ccc12. The highest BCUT2D eigenvalue weighted by Gasteiger charge is 1.99. The van der Waals surface area contributed by atoms with Gasteiger partial charge in [-0.15, -0.1) is 11.3 Å². The van der Waals surface area contributed by atoms with Crippen LogP contribution in [0.15, 0.2) is 28.7 Å². The molecule has 1 N–H and O–H groups in total. The van der Waals surface area contributed by atoms with E-state index < -0.39 is 0 Å². The fourth-order valence-electron chi connectivity index (χ4n) is 1.32. The molecule has 2 aromatic rings. The molecule has 1 aromatic carbocycles. The molecule has 0 unspecified atom stereocenters. The molecular formula is C10H9NOS. The van der Waals surface area contributed by atoms with Crippen LogP contribution in [0.2, 0.25) is 0 Å². The van der Waals surface area contributed by atoms with Crippen LogP contribution in [0.25, 0.3) is 10.1 Å². The summed E-state index contributed by atoms with van der Waals surface area (Å²) in [5.74, 6) is 0. The van der Waals surface area contributed by atoms with Crippen LogP contribution in [0.4, 0.5) is 0 Å². The van der Waals surface area contributed by atoms with Gasteiger partial charge in [0.1, 0.15) is 0 Å². The van der Waals surface area contributed by atoms with Gasteiger partial charge in [-0.05, 0) is 34.9 Å². The summed E-state index contributed by atoms with van der Waals surface area (Å²) in [5.41, 5.74) is 2.23. The number of hydrogen-bond acceptors (Lipinski definition) is 3. The van der Waals surface area contributed by atoms with Crippen molar-refractivity contribution in [2.45, 2.75) is 6.92 Å². The summed E-state index contributed by atoms with van der Waals surface area (Å²) in [7, 11) is 0. The number of thiophene rings is 1. The maximum atomic E-state index is 8.37. The van der Waals surface area contributed by atoms with Crippen molar-refractivity contribution in [2.24, 2.45) is 5.16 Å². The average Bonchev–Trinajstić information content (AvgIpc) is 2.48. The number of nitrogens with zero attached hydrogens (tertiary/aromatic N) is 1. The summed E-state index contributed by atoms with van der Waals surface area (Å²) in [5, 5.41) is 14.8. The second-order valence-electron chi connectivity index (χ2n) is 2.92. The van der Waals surface area contributed by atoms with Gasteiger partial charge < -0.3 is 5.21 Å². The third kappa shape index (κ3) is 1.42. The highest BCUT2D eigenvalue weighted by molar-refractivity contribution is 7.17. The van der Waals surface area contributed by atoms with E-state index in [2.05, 4.69) is 23.5 Å². The summed E-state index contributed by atoms with van der Waals surface area (Å²) in [6.45, 7) is 2.10. The van der Waals surface area contributed by atoms with Gasteiger partial charge in [0.15, 0.2) is 0 Å². The molecule has 1 aromatic heterocycles. The summed E-state index contributed by atoms with van der Waals surface area (Å²) in [4.78, 5) is 0. The fourth-order valence-corrected chi connectivity index (χ4v) is 2.32. The van der Waals surface area contributed by atoms with E-state index in [1.165, 1.54) is 21.9 Å². The Morgan fingerprint density at radius 1 is 1.46 bits per heavy atom. The Hall–Kier alpha value is -1.35. The molecule has 0 fully saturated rings. The van der Waals surface area contributed by atoms with Crippen LogP contribution in [-0.4, -0.2) is 11.4 Å². The van der Waals surface area contributed by atoms with E-state index in [0.717, 1.165) is 5.56 Å². The maximum Gasteiger partial charge on any atom is 0.0734 e. The second-order valence-corrected chi connectivity index (χ2v) is 3.83. The molecule has 0 radical (unpaired) electrons. The third-order valence-electron chi connectivity index (χ3n) is 2.00. The normalized spacial score (nSPS) is 11.5. The summed E-state index contributed by atoms with van der Waals surface area (Å²) >= 11 is 1.71. The Balaban J connectivity index is 2.63. The molecule has 0 atom stereocenters. The zero-order valence-corrected chi connectivity index (χ0v) is 8.01. The smallest absolute Gasteiger partial charge is 0.0734 e. The van der Waals surface area contributed by atoms with Gasteiger partial charge in [0.05, 0.1) is 6.21 Å². The van der Waals surface area contributed by atoms with Crippen molar-refractivity contribution in [2.75, 3.05) is 0 Å². The largest absolute Gasteiger partial charge is 0.411 e. The van der Waals surface area contributed by atoms with Gasteiger partial charge >= 0.3 is 0 Å². The number of fused-ring (bicyclic) bond motifs is 1. The number of aryl methyl sites for hydroxylation is 1. The van der Waals surface area contributed by atoms with E-state index in [9.17, 15) is 0 Å². The zero-order valence-electron chi connectivity index (χ0n) is 7.19. The molecule has 13 heavy (non-hydrogen) atoms. The Labute approximate surface area is 80.1 Å². The average molecular weight is 191 g/mol. The molecule has 2 rings (SSSR count). The monoisotopic (exact) mass is 191 g/mol. The lowest BCUT2D eigenvalue weighted by Gasteiger charge is -1.93. The quantitative estimate of drug-likeness (QED) is 0.419. The number of hydrogen-bond donors (Lipinski definition) is 1. The lowest BCUT2D eigenvalue weighted by molar-refractivity contribution is 0.322. The Morgan fingerprint density at radius 2 is 2.31 bits per heavy atom. The van der Waals surface area contributed by atoms with Crippen LogP contribution in [0.5, 0.6) is 0 Å². The first-order valence-corrected chi connectivity index (χ1v) is 4.84. The predicted molar refractivity (Wildman–Crippen MR) is 55.9 cm³/mol. The summed E-state index contributed by atoms with van der Waals surface area (Å²) < 4.78 is 1.23. The van der Waals surface area contributed by atoms with E-state index >= 15 is 0 Å². The molecule has 2 nitrogen and oxygen atoms in total. The maximum absolute atomic E-state index is 8.37. The number of rotatable bonds is 1. The lowest BCUT2D eigenvalue weighted by Crippen LogP contribution is -1.79. The van der Waals surface area contributed by atoms with E-state index in [4.69, 9.17) is 5.21 Å². The van der Waals surface area contributed by atoms with Gasteiger partial charge in [-0.2, -0.15) is 0 Å². The second kappa shape index (κ2) is 3.18. The highest BCUT2D eigenvalue weighted by atomic mass is 32.1. The molecule has 3 heteroatoms. The van der Waals surface area contributed by atoms with Crippen LogP contribution in [-0.2, 0) is 0 Å². The van der Waals surface area contributed by atoms with Crippen molar-refractivity contribution >= 4 is 27.6 Å². The van der Waals surface area contributed by atoms with Crippen LogP contribution in [0, 0.1) is 6.92 Å². The molecule has 66 valence electrons. The van der Waals surface area contributed by atoms with Crippen molar-refractivity contribution in [1.82, 2.24) is 0 Å². The van der Waals surface area contributed by atoms with Gasteiger partial charge in [0.2, 0.25) is 0 Å². The van der Waals surface area contributed by atoms with Crippen molar-refractivity contribution in [3.8, 4) is 0 Å². The first-order valence-electron chi connectivity index (χ1n) is 3.96. The van der Waals surface area contributed by atoms with Crippen molar-refractivity contribution < 1.29 is 5.21 Å². The molecule has 0 aliphatic rings. The number of benzene rings is 1. The van der Waals surface area contributed by atoms with E-state index in [-0.39, 0.29) is 0 Å². The fraction of sp³-hybridized carbons (Fsp3) is 0.100. The Morgan fingerprint density at radius 3 is 3.08 bits per heavy atom. The van der Waals surface area contributed by atoms with Crippen molar-refractivity contribution in [1.29, 1.82) is 0 Å². The van der Waals surface area contributed by atoms with Crippen LogP contribution in [0.1, 0.15) is 11.1 Å². The standard InChI is InChI=1S/C10H9NOS/c1-7-6-13-10-4-8(5-11-12)2-3-9(7)10/h2-6,12H,1H3. The van der Waals surface area contributed by atoms with Gasteiger partial charge in [-0.1, -0.05) is 17.3 Å². The van der Waals surface area contributed by atoms with E-state index in [1.54, 1.807) is 11.3 Å². The molecule has 0 amide bonds. The highest BCUT2D eigenvalue weighted by Crippen LogP contribution is 2.25. The minimum atomic E-state index is 0.928. The van der Waals surface area contributed by atoms with Gasteiger partial charge in [-0.25, -0.2) is 0 Å². The van der Waals surface area contributed by atoms with Crippen molar-refractivity contribution in [3.05, 3.63) is 34.7 Å². The van der Waals surface area contributed by atoms with Crippen LogP contribution >= 0.6 is 11.3 Å². The predicted octanol–water partition coefficient (Wildman–Crippen LogP) is 3.02.